The van der Waals surface area contributed by atoms with Crippen molar-refractivity contribution >= 4 is 29.9 Å². The molecule has 0 radical (unpaired) electrons. The van der Waals surface area contributed by atoms with Crippen LogP contribution in [0.1, 0.15) is 17.5 Å². The van der Waals surface area contributed by atoms with Gasteiger partial charge in [0.1, 0.15) is 5.82 Å². The maximum atomic E-state index is 13.6. The van der Waals surface area contributed by atoms with Crippen LogP contribution in [0.4, 0.5) is 4.39 Å². The first-order chi connectivity index (χ1) is 12.8. The summed E-state index contributed by atoms with van der Waals surface area (Å²) in [4.78, 5) is 4.20. The Morgan fingerprint density at radius 1 is 1.07 bits per heavy atom. The van der Waals surface area contributed by atoms with Crippen molar-refractivity contribution in [3.63, 3.8) is 0 Å². The first kappa shape index (κ1) is 21.3. The highest BCUT2D eigenvalue weighted by molar-refractivity contribution is 14.0. The van der Waals surface area contributed by atoms with E-state index in [9.17, 15) is 4.39 Å². The van der Waals surface area contributed by atoms with Crippen molar-refractivity contribution in [1.29, 1.82) is 0 Å². The molecule has 2 aromatic carbocycles. The average Bonchev–Trinajstić information content (AvgIpc) is 2.91. The van der Waals surface area contributed by atoms with Gasteiger partial charge in [-0.25, -0.2) is 4.39 Å². The Morgan fingerprint density at radius 2 is 1.85 bits per heavy atom. The van der Waals surface area contributed by atoms with Gasteiger partial charge in [-0.1, -0.05) is 24.3 Å². The van der Waals surface area contributed by atoms with Crippen LogP contribution in [0.25, 0.3) is 0 Å². The summed E-state index contributed by atoms with van der Waals surface area (Å²) in [7, 11) is 1.71. The molecule has 3 rings (SSSR count). The van der Waals surface area contributed by atoms with E-state index >= 15 is 0 Å². The number of guanidine groups is 1. The summed E-state index contributed by atoms with van der Waals surface area (Å²) in [6, 6.07) is 12.7. The van der Waals surface area contributed by atoms with Crippen molar-refractivity contribution in [2.75, 3.05) is 26.8 Å². The number of nitrogens with zero attached hydrogens (tertiary/aromatic N) is 1. The lowest BCUT2D eigenvalue weighted by molar-refractivity contribution is 0.297. The Hall–Kier alpha value is -2.03. The van der Waals surface area contributed by atoms with E-state index in [1.54, 1.807) is 19.2 Å². The van der Waals surface area contributed by atoms with E-state index < -0.39 is 0 Å². The van der Waals surface area contributed by atoms with Crippen molar-refractivity contribution in [3.8, 4) is 11.5 Å². The van der Waals surface area contributed by atoms with Crippen molar-refractivity contribution in [2.45, 2.75) is 19.4 Å². The second kappa shape index (κ2) is 11.0. The largest absolute Gasteiger partial charge is 0.490 e. The van der Waals surface area contributed by atoms with Gasteiger partial charge in [-0.05, 0) is 35.7 Å². The summed E-state index contributed by atoms with van der Waals surface area (Å²) in [6.07, 6.45) is 1.48. The smallest absolute Gasteiger partial charge is 0.191 e. The van der Waals surface area contributed by atoms with E-state index in [-0.39, 0.29) is 29.8 Å². The van der Waals surface area contributed by atoms with Crippen LogP contribution in [0.15, 0.2) is 47.5 Å². The lowest BCUT2D eigenvalue weighted by atomic mass is 10.1. The van der Waals surface area contributed by atoms with Gasteiger partial charge in [-0.2, -0.15) is 0 Å². The van der Waals surface area contributed by atoms with Crippen molar-refractivity contribution in [1.82, 2.24) is 10.6 Å². The third kappa shape index (κ3) is 6.27. The zero-order chi connectivity index (χ0) is 18.2. The summed E-state index contributed by atoms with van der Waals surface area (Å²) in [5, 5.41) is 6.46. The molecule has 146 valence electrons. The number of halogens is 2. The predicted octanol–water partition coefficient (Wildman–Crippen LogP) is 3.51. The van der Waals surface area contributed by atoms with E-state index in [1.807, 2.05) is 24.3 Å². The molecule has 5 nitrogen and oxygen atoms in total. The number of hydrogen-bond donors (Lipinski definition) is 2. The van der Waals surface area contributed by atoms with Crippen molar-refractivity contribution < 1.29 is 13.9 Å². The lowest BCUT2D eigenvalue weighted by Crippen LogP contribution is -2.37. The zero-order valence-corrected chi connectivity index (χ0v) is 17.7. The first-order valence-corrected chi connectivity index (χ1v) is 8.82. The van der Waals surface area contributed by atoms with Crippen molar-refractivity contribution in [3.05, 3.63) is 59.4 Å². The number of fused-ring (bicyclic) bond motifs is 1. The fourth-order valence-corrected chi connectivity index (χ4v) is 2.74. The molecule has 27 heavy (non-hydrogen) atoms. The summed E-state index contributed by atoms with van der Waals surface area (Å²) >= 11 is 0. The molecule has 0 fully saturated rings. The van der Waals surface area contributed by atoms with Gasteiger partial charge in [0.05, 0.1) is 13.2 Å². The molecule has 0 saturated heterocycles. The number of hydrogen-bond acceptors (Lipinski definition) is 3. The number of rotatable bonds is 5. The SMILES string of the molecule is CN=C(NCCc1ccccc1F)NCc1ccc2c(c1)OCCCO2.I. The molecule has 0 aliphatic carbocycles. The predicted molar refractivity (Wildman–Crippen MR) is 116 cm³/mol. The summed E-state index contributed by atoms with van der Waals surface area (Å²) < 4.78 is 25.0. The maximum absolute atomic E-state index is 13.6. The van der Waals surface area contributed by atoms with Gasteiger partial charge in [0.25, 0.3) is 0 Å². The topological polar surface area (TPSA) is 54.9 Å². The Balaban J connectivity index is 0.00000261. The van der Waals surface area contributed by atoms with Gasteiger partial charge in [-0.3, -0.25) is 4.99 Å². The summed E-state index contributed by atoms with van der Waals surface area (Å²) in [5.41, 5.74) is 1.77. The molecule has 1 aliphatic heterocycles. The molecule has 0 saturated carbocycles. The molecule has 0 amide bonds. The summed E-state index contributed by atoms with van der Waals surface area (Å²) in [6.45, 7) is 2.56. The van der Waals surface area contributed by atoms with Gasteiger partial charge in [0.15, 0.2) is 17.5 Å². The molecule has 7 heteroatoms. The maximum Gasteiger partial charge on any atom is 0.191 e. The van der Waals surface area contributed by atoms with Crippen LogP contribution >= 0.6 is 24.0 Å². The van der Waals surface area contributed by atoms with E-state index in [4.69, 9.17) is 9.47 Å². The monoisotopic (exact) mass is 485 g/mol. The number of ether oxygens (including phenoxy) is 2. The lowest BCUT2D eigenvalue weighted by Gasteiger charge is -2.13. The quantitative estimate of drug-likeness (QED) is 0.387. The highest BCUT2D eigenvalue weighted by Gasteiger charge is 2.10. The second-order valence-corrected chi connectivity index (χ2v) is 6.03. The normalized spacial score (nSPS) is 13.3. The molecular weight excluding hydrogens is 460 g/mol. The standard InChI is InChI=1S/C20H24FN3O2.HI/c1-22-20(23-10-9-16-5-2-3-6-17(16)21)24-14-15-7-8-18-19(13-15)26-12-4-11-25-18;/h2-3,5-8,13H,4,9-12,14H2,1H3,(H2,22,23,24);1H. The van der Waals surface area contributed by atoms with Gasteiger partial charge >= 0.3 is 0 Å². The molecule has 1 heterocycles. The van der Waals surface area contributed by atoms with Crippen LogP contribution in [0, 0.1) is 5.82 Å². The van der Waals surface area contributed by atoms with Gasteiger partial charge in [0.2, 0.25) is 0 Å². The minimum absolute atomic E-state index is 0. The highest BCUT2D eigenvalue weighted by atomic mass is 127. The molecule has 0 unspecified atom stereocenters. The Bertz CT molecular complexity index is 771. The van der Waals surface area contributed by atoms with Gasteiger partial charge < -0.3 is 20.1 Å². The van der Waals surface area contributed by atoms with Gasteiger partial charge in [-0.15, -0.1) is 24.0 Å². The summed E-state index contributed by atoms with van der Waals surface area (Å²) in [5.74, 6) is 2.07. The van der Waals surface area contributed by atoms with Crippen LogP contribution in [0.2, 0.25) is 0 Å². The van der Waals surface area contributed by atoms with E-state index in [0.29, 0.717) is 44.2 Å². The number of aliphatic imine (C=N–C) groups is 1. The van der Waals surface area contributed by atoms with Gasteiger partial charge in [0, 0.05) is 26.6 Å². The minimum atomic E-state index is -0.176. The van der Waals surface area contributed by atoms with Crippen LogP contribution in [0.5, 0.6) is 11.5 Å². The van der Waals surface area contributed by atoms with Crippen LogP contribution < -0.4 is 20.1 Å². The molecule has 0 aromatic heterocycles. The molecule has 1 aliphatic rings. The number of nitrogens with one attached hydrogen (secondary N) is 2. The Labute approximate surface area is 176 Å². The molecule has 0 spiro atoms. The third-order valence-corrected chi connectivity index (χ3v) is 4.14. The Kier molecular flexibility index (Phi) is 8.63. The molecule has 0 bridgehead atoms. The zero-order valence-electron chi connectivity index (χ0n) is 15.3. The molecular formula is C20H25FIN3O2. The minimum Gasteiger partial charge on any atom is -0.490 e. The van der Waals surface area contributed by atoms with Crippen LogP contribution in [0.3, 0.4) is 0 Å². The average molecular weight is 485 g/mol. The first-order valence-electron chi connectivity index (χ1n) is 8.82. The fourth-order valence-electron chi connectivity index (χ4n) is 2.74. The Morgan fingerprint density at radius 3 is 2.63 bits per heavy atom. The van der Waals surface area contributed by atoms with E-state index in [0.717, 1.165) is 23.5 Å². The van der Waals surface area contributed by atoms with Crippen molar-refractivity contribution in [2.24, 2.45) is 4.99 Å². The number of benzene rings is 2. The molecule has 0 atom stereocenters. The highest BCUT2D eigenvalue weighted by Crippen LogP contribution is 2.30. The third-order valence-electron chi connectivity index (χ3n) is 4.14. The van der Waals surface area contributed by atoms with E-state index in [1.165, 1.54) is 6.07 Å². The molecule has 2 N–H and O–H groups in total. The van der Waals surface area contributed by atoms with E-state index in [2.05, 4.69) is 15.6 Å². The van der Waals surface area contributed by atoms with Crippen LogP contribution in [-0.2, 0) is 13.0 Å². The fraction of sp³-hybridized carbons (Fsp3) is 0.350. The second-order valence-electron chi connectivity index (χ2n) is 6.03. The molecule has 2 aromatic rings. The van der Waals surface area contributed by atoms with Crippen LogP contribution in [-0.4, -0.2) is 32.8 Å².